The zero-order valence-electron chi connectivity index (χ0n) is 18.1. The van der Waals surface area contributed by atoms with Crippen molar-refractivity contribution >= 4 is 11.9 Å². The van der Waals surface area contributed by atoms with Gasteiger partial charge in [-0.1, -0.05) is 61.5 Å². The predicted molar refractivity (Wildman–Crippen MR) is 123 cm³/mol. The largest absolute Gasteiger partial charge is 0.457 e. The zero-order valence-corrected chi connectivity index (χ0v) is 18.1. The third-order valence-electron chi connectivity index (χ3n) is 5.62. The van der Waals surface area contributed by atoms with Crippen LogP contribution in [0.25, 0.3) is 0 Å². The van der Waals surface area contributed by atoms with Crippen molar-refractivity contribution in [2.24, 2.45) is 0 Å². The number of nitrogens with zero attached hydrogens (tertiary/aromatic N) is 2. The lowest BCUT2D eigenvalue weighted by Crippen LogP contribution is -2.10. The van der Waals surface area contributed by atoms with Crippen molar-refractivity contribution in [1.82, 2.24) is 9.55 Å². The van der Waals surface area contributed by atoms with Crippen molar-refractivity contribution in [3.63, 3.8) is 0 Å². The van der Waals surface area contributed by atoms with E-state index in [1.807, 2.05) is 61.5 Å². The van der Waals surface area contributed by atoms with E-state index in [2.05, 4.69) is 11.9 Å². The molecule has 5 nitrogen and oxygen atoms in total. The summed E-state index contributed by atoms with van der Waals surface area (Å²) in [7, 11) is 0. The minimum Gasteiger partial charge on any atom is -0.457 e. The third kappa shape index (κ3) is 4.52. The van der Waals surface area contributed by atoms with E-state index in [-0.39, 0.29) is 24.4 Å². The van der Waals surface area contributed by atoms with Gasteiger partial charge >= 0.3 is 5.97 Å². The van der Waals surface area contributed by atoms with Crippen LogP contribution in [0.4, 0.5) is 0 Å². The first-order valence-corrected chi connectivity index (χ1v) is 10.5. The van der Waals surface area contributed by atoms with E-state index in [1.54, 1.807) is 36.8 Å². The maximum atomic E-state index is 12.7. The lowest BCUT2D eigenvalue weighted by atomic mass is 9.91. The third-order valence-corrected chi connectivity index (χ3v) is 5.62. The Labute approximate surface area is 187 Å². The fourth-order valence-electron chi connectivity index (χ4n) is 3.69. The van der Waals surface area contributed by atoms with Gasteiger partial charge in [-0.25, -0.2) is 9.78 Å². The number of carbonyl (C=O) groups is 2. The molecule has 0 radical (unpaired) electrons. The molecule has 0 N–H and O–H groups in total. The molecule has 0 aliphatic heterocycles. The topological polar surface area (TPSA) is 61.2 Å². The highest BCUT2D eigenvalue weighted by molar-refractivity contribution is 5.95. The van der Waals surface area contributed by atoms with Crippen LogP contribution in [0.2, 0.25) is 0 Å². The van der Waals surface area contributed by atoms with Gasteiger partial charge in [0.1, 0.15) is 12.9 Å². The molecule has 0 aliphatic carbocycles. The number of aromatic nitrogens is 2. The number of imidazole rings is 1. The second kappa shape index (κ2) is 9.43. The molecule has 4 aromatic rings. The van der Waals surface area contributed by atoms with E-state index in [9.17, 15) is 9.59 Å². The molecule has 1 aromatic heterocycles. The lowest BCUT2D eigenvalue weighted by molar-refractivity contribution is 0.0472. The zero-order chi connectivity index (χ0) is 22.5. The van der Waals surface area contributed by atoms with Crippen LogP contribution in [0.5, 0.6) is 0 Å². The smallest absolute Gasteiger partial charge is 0.338 e. The minimum absolute atomic E-state index is 0.0235. The Morgan fingerprint density at radius 2 is 1.56 bits per heavy atom. The van der Waals surface area contributed by atoms with Crippen LogP contribution < -0.4 is 0 Å². The van der Waals surface area contributed by atoms with E-state index in [0.29, 0.717) is 11.1 Å². The first kappa shape index (κ1) is 21.2. The van der Waals surface area contributed by atoms with Crippen LogP contribution in [0.15, 0.2) is 91.4 Å². The summed E-state index contributed by atoms with van der Waals surface area (Å²) in [6.45, 7) is 4.27. The molecule has 5 heteroatoms. The van der Waals surface area contributed by atoms with Crippen LogP contribution in [0, 0.1) is 6.92 Å². The number of hydrogen-bond acceptors (Lipinski definition) is 4. The highest BCUT2D eigenvalue weighted by Crippen LogP contribution is 2.28. The number of hydrogen-bond donors (Lipinski definition) is 0. The first-order chi connectivity index (χ1) is 15.5. The van der Waals surface area contributed by atoms with Crippen molar-refractivity contribution in [3.8, 4) is 0 Å². The normalized spacial score (nSPS) is 11.7. The number of carbonyl (C=O) groups excluding carboxylic acids is 2. The summed E-state index contributed by atoms with van der Waals surface area (Å²) in [6.07, 6.45) is 3.34. The summed E-state index contributed by atoms with van der Waals surface area (Å²) in [5.74, 6) is -0.485. The SMILES string of the molecule is Cc1c(COC(=O)c2ccccc2)cccc1C(C)c1cn(C(=O)c2ccccc2)cn1. The molecule has 0 saturated heterocycles. The molecule has 32 heavy (non-hydrogen) atoms. The van der Waals surface area contributed by atoms with E-state index in [4.69, 9.17) is 4.74 Å². The number of benzene rings is 3. The molecule has 3 aromatic carbocycles. The standard InChI is InChI=1S/C27H24N2O3/c1-19-23(17-32-27(31)22-12-7-4-8-13-22)14-9-15-24(19)20(2)25-16-29(18-28-25)26(30)21-10-5-3-6-11-21/h3-16,18,20H,17H2,1-2H3. The van der Waals surface area contributed by atoms with Crippen LogP contribution in [0.1, 0.15) is 55.9 Å². The van der Waals surface area contributed by atoms with Crippen molar-refractivity contribution in [2.75, 3.05) is 0 Å². The van der Waals surface area contributed by atoms with E-state index in [1.165, 1.54) is 4.57 Å². The summed E-state index contributed by atoms with van der Waals surface area (Å²) >= 11 is 0. The molecule has 1 atom stereocenters. The van der Waals surface area contributed by atoms with Crippen LogP contribution in [0.3, 0.4) is 0 Å². The van der Waals surface area contributed by atoms with Gasteiger partial charge in [-0.05, 0) is 47.9 Å². The maximum absolute atomic E-state index is 12.7. The van der Waals surface area contributed by atoms with Crippen molar-refractivity contribution < 1.29 is 14.3 Å². The summed E-state index contributed by atoms with van der Waals surface area (Å²) in [4.78, 5) is 29.4. The van der Waals surface area contributed by atoms with Crippen molar-refractivity contribution in [3.05, 3.63) is 125 Å². The van der Waals surface area contributed by atoms with Gasteiger partial charge < -0.3 is 4.74 Å². The molecule has 0 fully saturated rings. The van der Waals surface area contributed by atoms with Crippen LogP contribution >= 0.6 is 0 Å². The van der Waals surface area contributed by atoms with Gasteiger partial charge in [-0.3, -0.25) is 9.36 Å². The Hall–Kier alpha value is -3.99. The van der Waals surface area contributed by atoms with Crippen molar-refractivity contribution in [2.45, 2.75) is 26.4 Å². The quantitative estimate of drug-likeness (QED) is 0.390. The van der Waals surface area contributed by atoms with Gasteiger partial charge in [0.05, 0.1) is 11.3 Å². The molecule has 0 spiro atoms. The molecule has 1 unspecified atom stereocenters. The second-order valence-electron chi connectivity index (χ2n) is 7.67. The Morgan fingerprint density at radius 1 is 0.906 bits per heavy atom. The molecule has 0 bridgehead atoms. The number of esters is 1. The molecule has 1 heterocycles. The second-order valence-corrected chi connectivity index (χ2v) is 7.67. The molecular weight excluding hydrogens is 400 g/mol. The highest BCUT2D eigenvalue weighted by Gasteiger charge is 2.18. The Kier molecular flexibility index (Phi) is 6.26. The minimum atomic E-state index is -0.346. The predicted octanol–water partition coefficient (Wildman–Crippen LogP) is 5.39. The van der Waals surface area contributed by atoms with Gasteiger partial charge in [-0.2, -0.15) is 0 Å². The lowest BCUT2D eigenvalue weighted by Gasteiger charge is -2.16. The van der Waals surface area contributed by atoms with Gasteiger partial charge in [0, 0.05) is 17.7 Å². The van der Waals surface area contributed by atoms with Gasteiger partial charge in [0.25, 0.3) is 5.91 Å². The molecule has 160 valence electrons. The van der Waals surface area contributed by atoms with E-state index < -0.39 is 0 Å². The van der Waals surface area contributed by atoms with Gasteiger partial charge in [0.2, 0.25) is 0 Å². The molecule has 0 amide bonds. The highest BCUT2D eigenvalue weighted by atomic mass is 16.5. The molecule has 0 saturated carbocycles. The molecular formula is C27H24N2O3. The van der Waals surface area contributed by atoms with Gasteiger partial charge in [-0.15, -0.1) is 0 Å². The summed E-state index contributed by atoms with van der Waals surface area (Å²) in [5.41, 5.74) is 5.01. The monoisotopic (exact) mass is 424 g/mol. The Bertz CT molecular complexity index is 1230. The fourth-order valence-corrected chi connectivity index (χ4v) is 3.69. The maximum Gasteiger partial charge on any atom is 0.338 e. The summed E-state index contributed by atoms with van der Waals surface area (Å²) in [6, 6.07) is 24.1. The van der Waals surface area contributed by atoms with E-state index >= 15 is 0 Å². The summed E-state index contributed by atoms with van der Waals surface area (Å²) in [5, 5.41) is 0. The summed E-state index contributed by atoms with van der Waals surface area (Å²) < 4.78 is 7.03. The van der Waals surface area contributed by atoms with Crippen molar-refractivity contribution in [1.29, 1.82) is 0 Å². The van der Waals surface area contributed by atoms with E-state index in [0.717, 1.165) is 22.4 Å². The first-order valence-electron chi connectivity index (χ1n) is 10.5. The van der Waals surface area contributed by atoms with Crippen LogP contribution in [-0.4, -0.2) is 21.4 Å². The van der Waals surface area contributed by atoms with Crippen LogP contribution in [-0.2, 0) is 11.3 Å². The Morgan fingerprint density at radius 3 is 2.25 bits per heavy atom. The number of ether oxygens (including phenoxy) is 1. The van der Waals surface area contributed by atoms with Gasteiger partial charge in [0.15, 0.2) is 0 Å². The number of rotatable bonds is 6. The fraction of sp³-hybridized carbons (Fsp3) is 0.148. The Balaban J connectivity index is 1.50. The average Bonchev–Trinajstić information content (AvgIpc) is 3.34. The average molecular weight is 425 g/mol. The molecule has 4 rings (SSSR count). The molecule has 0 aliphatic rings.